The lowest BCUT2D eigenvalue weighted by molar-refractivity contribution is 0.262. The van der Waals surface area contributed by atoms with Gasteiger partial charge >= 0.3 is 6.03 Å². The number of aromatic nitrogens is 3. The van der Waals surface area contributed by atoms with Crippen molar-refractivity contribution in [3.63, 3.8) is 0 Å². The predicted octanol–water partition coefficient (Wildman–Crippen LogP) is 6.93. The van der Waals surface area contributed by atoms with Crippen LogP contribution < -0.4 is 15.4 Å². The highest BCUT2D eigenvalue weighted by molar-refractivity contribution is 6.32. The van der Waals surface area contributed by atoms with E-state index in [1.807, 2.05) is 49.4 Å². The number of urea groups is 1. The van der Waals surface area contributed by atoms with E-state index in [1.54, 1.807) is 47.3 Å². The van der Waals surface area contributed by atoms with Crippen LogP contribution in [0.3, 0.4) is 0 Å². The second kappa shape index (κ2) is 9.74. The lowest BCUT2D eigenvalue weighted by atomic mass is 10.2. The largest absolute Gasteiger partial charge is 0.444 e. The van der Waals surface area contributed by atoms with Crippen molar-refractivity contribution < 1.29 is 13.9 Å². The molecule has 2 aromatic heterocycles. The first-order chi connectivity index (χ1) is 17.1. The van der Waals surface area contributed by atoms with E-state index < -0.39 is 6.03 Å². The van der Waals surface area contributed by atoms with Gasteiger partial charge in [-0.2, -0.15) is 9.78 Å². The Morgan fingerprint density at radius 3 is 2.54 bits per heavy atom. The molecule has 35 heavy (non-hydrogen) atoms. The lowest BCUT2D eigenvalue weighted by Gasteiger charge is -2.14. The van der Waals surface area contributed by atoms with E-state index in [1.165, 1.54) is 6.39 Å². The topological polar surface area (TPSA) is 94.2 Å². The van der Waals surface area contributed by atoms with Crippen LogP contribution in [-0.4, -0.2) is 20.8 Å². The molecule has 0 aliphatic carbocycles. The van der Waals surface area contributed by atoms with Crippen LogP contribution in [0.2, 0.25) is 5.02 Å². The first kappa shape index (κ1) is 22.2. The number of anilines is 2. The molecule has 2 N–H and O–H groups in total. The molecule has 0 fully saturated rings. The maximum Gasteiger partial charge on any atom is 0.323 e. The van der Waals surface area contributed by atoms with Crippen molar-refractivity contribution in [3.05, 3.63) is 102 Å². The molecule has 0 spiro atoms. The van der Waals surface area contributed by atoms with Crippen LogP contribution in [0.1, 0.15) is 5.69 Å². The molecule has 0 aliphatic heterocycles. The third kappa shape index (κ3) is 5.02. The van der Waals surface area contributed by atoms with E-state index in [2.05, 4.69) is 20.7 Å². The van der Waals surface area contributed by atoms with Crippen molar-refractivity contribution in [3.8, 4) is 28.6 Å². The van der Waals surface area contributed by atoms with Crippen LogP contribution >= 0.6 is 11.6 Å². The van der Waals surface area contributed by atoms with E-state index in [9.17, 15) is 4.79 Å². The summed E-state index contributed by atoms with van der Waals surface area (Å²) in [5.74, 6) is 1.57. The molecule has 174 valence electrons. The van der Waals surface area contributed by atoms with E-state index in [4.69, 9.17) is 20.8 Å². The molecule has 2 heterocycles. The number of halogens is 1. The van der Waals surface area contributed by atoms with Gasteiger partial charge in [0.05, 0.1) is 28.3 Å². The van der Waals surface area contributed by atoms with Crippen molar-refractivity contribution in [2.45, 2.75) is 6.92 Å². The number of nitrogens with one attached hydrogen (secondary N) is 2. The molecule has 2 amide bonds. The number of nitrogens with zero attached hydrogens (tertiary/aromatic N) is 3. The average Bonchev–Trinajstić information content (AvgIpc) is 3.51. The summed E-state index contributed by atoms with van der Waals surface area (Å²) < 4.78 is 13.1. The Balaban J connectivity index is 1.32. The monoisotopic (exact) mass is 485 g/mol. The van der Waals surface area contributed by atoms with Crippen molar-refractivity contribution in [2.75, 3.05) is 10.6 Å². The van der Waals surface area contributed by atoms with Crippen molar-refractivity contribution >= 4 is 29.0 Å². The first-order valence-electron chi connectivity index (χ1n) is 10.7. The number of hydrogen-bond donors (Lipinski definition) is 2. The summed E-state index contributed by atoms with van der Waals surface area (Å²) in [6.07, 6.45) is 3.00. The maximum atomic E-state index is 12.7. The number of para-hydroxylation sites is 3. The molecule has 0 atom stereocenters. The quantitative estimate of drug-likeness (QED) is 0.272. The number of rotatable bonds is 6. The molecule has 0 saturated heterocycles. The van der Waals surface area contributed by atoms with E-state index >= 15 is 0 Å². The second-order valence-corrected chi connectivity index (χ2v) is 8.01. The predicted molar refractivity (Wildman–Crippen MR) is 134 cm³/mol. The summed E-state index contributed by atoms with van der Waals surface area (Å²) in [5, 5.41) is 10.7. The Bertz CT molecular complexity index is 1460. The number of amides is 2. The van der Waals surface area contributed by atoms with Crippen LogP contribution in [0.4, 0.5) is 16.2 Å². The molecular weight excluding hydrogens is 466 g/mol. The molecule has 0 saturated carbocycles. The highest BCUT2D eigenvalue weighted by atomic mass is 35.5. The van der Waals surface area contributed by atoms with Gasteiger partial charge in [-0.25, -0.2) is 9.78 Å². The summed E-state index contributed by atoms with van der Waals surface area (Å²) in [5.41, 5.74) is 3.42. The van der Waals surface area contributed by atoms with E-state index in [0.29, 0.717) is 39.5 Å². The van der Waals surface area contributed by atoms with Crippen LogP contribution in [0.5, 0.6) is 11.6 Å². The molecule has 5 aromatic rings. The Labute approximate surface area is 206 Å². The number of carbonyl (C=O) groups excluding carboxylic acids is 1. The van der Waals surface area contributed by atoms with Gasteiger partial charge in [-0.3, -0.25) is 0 Å². The number of aryl methyl sites for hydroxylation is 1. The number of carbonyl (C=O) groups is 1. The van der Waals surface area contributed by atoms with E-state index in [0.717, 1.165) is 11.3 Å². The summed E-state index contributed by atoms with van der Waals surface area (Å²) >= 11 is 6.37. The van der Waals surface area contributed by atoms with Gasteiger partial charge in [-0.15, -0.1) is 0 Å². The number of ether oxygens (including phenoxy) is 1. The zero-order valence-corrected chi connectivity index (χ0v) is 19.4. The number of oxazole rings is 1. The molecule has 0 bridgehead atoms. The summed E-state index contributed by atoms with van der Waals surface area (Å²) in [6.45, 7) is 1.87. The fourth-order valence-electron chi connectivity index (χ4n) is 3.48. The minimum atomic E-state index is -0.413. The van der Waals surface area contributed by atoms with Crippen LogP contribution in [-0.2, 0) is 0 Å². The third-order valence-electron chi connectivity index (χ3n) is 5.09. The fourth-order valence-corrected chi connectivity index (χ4v) is 3.69. The standard InChI is InChI=1S/C26H20ClN5O3/c1-17-14-25(32(31-17)22-8-4-2-6-20(22)27)35-23-9-5-3-7-21(23)30-26(33)29-19-12-10-18(11-13-19)24-15-28-16-34-24/h2-16H,1H3,(H2,29,30,33). The minimum absolute atomic E-state index is 0.413. The molecule has 3 aromatic carbocycles. The molecule has 5 rings (SSSR count). The van der Waals surface area contributed by atoms with Gasteiger partial charge in [-0.05, 0) is 55.5 Å². The Kier molecular flexibility index (Phi) is 6.19. The van der Waals surface area contributed by atoms with Crippen LogP contribution in [0.15, 0.2) is 95.9 Å². The first-order valence-corrected chi connectivity index (χ1v) is 11.1. The van der Waals surface area contributed by atoms with Gasteiger partial charge in [-0.1, -0.05) is 35.9 Å². The zero-order chi connectivity index (χ0) is 24.2. The average molecular weight is 486 g/mol. The van der Waals surface area contributed by atoms with Gasteiger partial charge in [0.25, 0.3) is 0 Å². The molecular formula is C26H20ClN5O3. The Morgan fingerprint density at radius 2 is 1.77 bits per heavy atom. The summed E-state index contributed by atoms with van der Waals surface area (Å²) in [4.78, 5) is 16.6. The van der Waals surface area contributed by atoms with Crippen LogP contribution in [0, 0.1) is 6.92 Å². The Hall–Kier alpha value is -4.56. The van der Waals surface area contributed by atoms with Crippen molar-refractivity contribution in [1.82, 2.24) is 14.8 Å². The molecule has 8 nitrogen and oxygen atoms in total. The highest BCUT2D eigenvalue weighted by Crippen LogP contribution is 2.33. The SMILES string of the molecule is Cc1cc(Oc2ccccc2NC(=O)Nc2ccc(-c3cnco3)cc2)n(-c2ccccc2Cl)n1. The lowest BCUT2D eigenvalue weighted by Crippen LogP contribution is -2.19. The molecule has 0 aliphatic rings. The molecule has 0 unspecified atom stereocenters. The van der Waals surface area contributed by atoms with Crippen LogP contribution in [0.25, 0.3) is 17.0 Å². The Morgan fingerprint density at radius 1 is 1.00 bits per heavy atom. The molecule has 0 radical (unpaired) electrons. The third-order valence-corrected chi connectivity index (χ3v) is 5.41. The minimum Gasteiger partial charge on any atom is -0.444 e. The highest BCUT2D eigenvalue weighted by Gasteiger charge is 2.15. The number of benzene rings is 3. The summed E-state index contributed by atoms with van der Waals surface area (Å²) in [7, 11) is 0. The van der Waals surface area contributed by atoms with Gasteiger partial charge in [0, 0.05) is 17.3 Å². The maximum absolute atomic E-state index is 12.7. The summed E-state index contributed by atoms with van der Waals surface area (Å²) in [6, 6.07) is 23.2. The number of hydrogen-bond acceptors (Lipinski definition) is 5. The van der Waals surface area contributed by atoms with Gasteiger partial charge in [0.15, 0.2) is 17.9 Å². The smallest absolute Gasteiger partial charge is 0.323 e. The van der Waals surface area contributed by atoms with Gasteiger partial charge < -0.3 is 19.8 Å². The normalized spacial score (nSPS) is 10.7. The fraction of sp³-hybridized carbons (Fsp3) is 0.0385. The van der Waals surface area contributed by atoms with Crippen molar-refractivity contribution in [1.29, 1.82) is 0 Å². The van der Waals surface area contributed by atoms with Gasteiger partial charge in [0.1, 0.15) is 0 Å². The van der Waals surface area contributed by atoms with Crippen molar-refractivity contribution in [2.24, 2.45) is 0 Å². The molecule has 9 heteroatoms. The second-order valence-electron chi connectivity index (χ2n) is 7.61. The zero-order valence-electron chi connectivity index (χ0n) is 18.6. The van der Waals surface area contributed by atoms with E-state index in [-0.39, 0.29) is 0 Å². The van der Waals surface area contributed by atoms with Gasteiger partial charge in [0.2, 0.25) is 5.88 Å².